The maximum atomic E-state index is 12.2. The van der Waals surface area contributed by atoms with E-state index in [0.717, 1.165) is 48.4 Å². The minimum atomic E-state index is -0.144. The molecule has 1 N–H and O–H groups in total. The Hall–Kier alpha value is -2.11. The molecule has 2 aromatic rings. The Bertz CT molecular complexity index is 637. The fourth-order valence-electron chi connectivity index (χ4n) is 2.71. The molecule has 21 heavy (non-hydrogen) atoms. The number of carbonyl (C=O) groups is 1. The van der Waals surface area contributed by atoms with Gasteiger partial charge in [0, 0.05) is 37.7 Å². The number of rotatable bonds is 4. The molecular weight excluding hydrogens is 268 g/mol. The maximum absolute atomic E-state index is 12.2. The summed E-state index contributed by atoms with van der Waals surface area (Å²) in [5.41, 5.74) is 3.55. The predicted molar refractivity (Wildman–Crippen MR) is 77.1 cm³/mol. The van der Waals surface area contributed by atoms with Crippen LogP contribution in [0.15, 0.2) is 10.6 Å². The normalized spacial score (nSPS) is 14.0. The highest BCUT2D eigenvalue weighted by Crippen LogP contribution is 2.23. The third-order valence-corrected chi connectivity index (χ3v) is 4.00. The van der Waals surface area contributed by atoms with Crippen LogP contribution >= 0.6 is 0 Å². The summed E-state index contributed by atoms with van der Waals surface area (Å²) in [5, 5.41) is 11.2. The largest absolute Gasteiger partial charge is 0.360 e. The molecule has 1 aliphatic carbocycles. The van der Waals surface area contributed by atoms with Gasteiger partial charge in [-0.3, -0.25) is 9.48 Å². The predicted octanol–water partition coefficient (Wildman–Crippen LogP) is 1.57. The first kappa shape index (κ1) is 13.9. The smallest absolute Gasteiger partial charge is 0.273 e. The van der Waals surface area contributed by atoms with Gasteiger partial charge in [0.1, 0.15) is 5.76 Å². The SMILES string of the molecule is Cc1cc(CCNC(=O)c2noc3c2CCCC3)nn1C. The Balaban J connectivity index is 1.58. The molecule has 0 saturated carbocycles. The van der Waals surface area contributed by atoms with Gasteiger partial charge >= 0.3 is 0 Å². The summed E-state index contributed by atoms with van der Waals surface area (Å²) in [7, 11) is 1.92. The van der Waals surface area contributed by atoms with Crippen molar-refractivity contribution in [2.75, 3.05) is 6.54 Å². The zero-order valence-electron chi connectivity index (χ0n) is 12.5. The van der Waals surface area contributed by atoms with E-state index in [2.05, 4.69) is 15.6 Å². The van der Waals surface area contributed by atoms with Crippen molar-refractivity contribution < 1.29 is 9.32 Å². The lowest BCUT2D eigenvalue weighted by molar-refractivity contribution is 0.0944. The van der Waals surface area contributed by atoms with Gasteiger partial charge in [0.05, 0.1) is 5.69 Å². The summed E-state index contributed by atoms with van der Waals surface area (Å²) >= 11 is 0. The molecule has 6 nitrogen and oxygen atoms in total. The summed E-state index contributed by atoms with van der Waals surface area (Å²) in [6.07, 6.45) is 4.71. The van der Waals surface area contributed by atoms with E-state index < -0.39 is 0 Å². The van der Waals surface area contributed by atoms with Gasteiger partial charge in [0.25, 0.3) is 5.91 Å². The molecule has 0 radical (unpaired) electrons. The van der Waals surface area contributed by atoms with Gasteiger partial charge in [0.15, 0.2) is 5.69 Å². The van der Waals surface area contributed by atoms with Gasteiger partial charge in [0.2, 0.25) is 0 Å². The van der Waals surface area contributed by atoms with E-state index in [9.17, 15) is 4.79 Å². The highest BCUT2D eigenvalue weighted by molar-refractivity contribution is 5.93. The molecule has 0 unspecified atom stereocenters. The second-order valence-electron chi connectivity index (χ2n) is 5.55. The molecule has 0 aromatic carbocycles. The van der Waals surface area contributed by atoms with Crippen LogP contribution in [-0.2, 0) is 26.3 Å². The summed E-state index contributed by atoms with van der Waals surface area (Å²) in [5.74, 6) is 0.737. The van der Waals surface area contributed by atoms with E-state index in [1.165, 1.54) is 0 Å². The van der Waals surface area contributed by atoms with Crippen LogP contribution < -0.4 is 5.32 Å². The fourth-order valence-corrected chi connectivity index (χ4v) is 2.71. The first-order chi connectivity index (χ1) is 10.1. The highest BCUT2D eigenvalue weighted by Gasteiger charge is 2.23. The molecule has 0 atom stereocenters. The number of fused-ring (bicyclic) bond motifs is 1. The number of carbonyl (C=O) groups excluding carboxylic acids is 1. The van der Waals surface area contributed by atoms with Crippen molar-refractivity contribution in [2.45, 2.75) is 39.0 Å². The van der Waals surface area contributed by atoms with E-state index in [1.54, 1.807) is 0 Å². The summed E-state index contributed by atoms with van der Waals surface area (Å²) in [4.78, 5) is 12.2. The van der Waals surface area contributed by atoms with E-state index >= 15 is 0 Å². The number of aromatic nitrogens is 3. The molecule has 1 amide bonds. The Labute approximate surface area is 123 Å². The van der Waals surface area contributed by atoms with Gasteiger partial charge < -0.3 is 9.84 Å². The minimum absolute atomic E-state index is 0.144. The molecule has 1 aliphatic rings. The van der Waals surface area contributed by atoms with E-state index in [1.807, 2.05) is 24.7 Å². The van der Waals surface area contributed by atoms with Crippen molar-refractivity contribution in [3.05, 3.63) is 34.5 Å². The molecule has 0 bridgehead atoms. The van der Waals surface area contributed by atoms with Crippen LogP contribution in [0.25, 0.3) is 0 Å². The van der Waals surface area contributed by atoms with Gasteiger partial charge in [-0.05, 0) is 32.3 Å². The summed E-state index contributed by atoms with van der Waals surface area (Å²) in [6, 6.07) is 2.03. The lowest BCUT2D eigenvalue weighted by atomic mass is 9.96. The molecule has 0 fully saturated rings. The van der Waals surface area contributed by atoms with Crippen molar-refractivity contribution in [1.82, 2.24) is 20.3 Å². The zero-order valence-corrected chi connectivity index (χ0v) is 12.5. The summed E-state index contributed by atoms with van der Waals surface area (Å²) in [6.45, 7) is 2.56. The standard InChI is InChI=1S/C15H20N4O2/c1-10-9-11(17-19(10)2)7-8-16-15(20)14-12-5-3-4-6-13(12)21-18-14/h9H,3-8H2,1-2H3,(H,16,20). The molecule has 0 saturated heterocycles. The monoisotopic (exact) mass is 288 g/mol. The van der Waals surface area contributed by atoms with Crippen LogP contribution in [0, 0.1) is 6.92 Å². The fraction of sp³-hybridized carbons (Fsp3) is 0.533. The Kier molecular flexibility index (Phi) is 3.77. The molecule has 2 aromatic heterocycles. The lowest BCUT2D eigenvalue weighted by Crippen LogP contribution is -2.27. The van der Waals surface area contributed by atoms with E-state index in [0.29, 0.717) is 18.7 Å². The molecule has 3 rings (SSSR count). The second-order valence-corrected chi connectivity index (χ2v) is 5.55. The van der Waals surface area contributed by atoms with Crippen LogP contribution in [0.5, 0.6) is 0 Å². The number of nitrogens with zero attached hydrogens (tertiary/aromatic N) is 3. The van der Waals surface area contributed by atoms with Crippen LogP contribution in [0.2, 0.25) is 0 Å². The first-order valence-electron chi connectivity index (χ1n) is 7.40. The van der Waals surface area contributed by atoms with Crippen LogP contribution in [0.4, 0.5) is 0 Å². The minimum Gasteiger partial charge on any atom is -0.360 e. The lowest BCUT2D eigenvalue weighted by Gasteiger charge is -2.09. The number of amides is 1. The molecule has 0 spiro atoms. The van der Waals surface area contributed by atoms with Gasteiger partial charge in [-0.25, -0.2) is 0 Å². The highest BCUT2D eigenvalue weighted by atomic mass is 16.5. The Morgan fingerprint density at radius 3 is 3.00 bits per heavy atom. The number of aryl methyl sites for hydroxylation is 3. The zero-order chi connectivity index (χ0) is 14.8. The quantitative estimate of drug-likeness (QED) is 0.926. The van der Waals surface area contributed by atoms with Gasteiger partial charge in [-0.1, -0.05) is 5.16 Å². The van der Waals surface area contributed by atoms with Gasteiger partial charge in [-0.2, -0.15) is 5.10 Å². The topological polar surface area (TPSA) is 73.0 Å². The van der Waals surface area contributed by atoms with Crippen molar-refractivity contribution in [2.24, 2.45) is 7.05 Å². The van der Waals surface area contributed by atoms with Crippen molar-refractivity contribution in [3.63, 3.8) is 0 Å². The molecule has 6 heteroatoms. The second kappa shape index (κ2) is 5.71. The average molecular weight is 288 g/mol. The first-order valence-corrected chi connectivity index (χ1v) is 7.40. The maximum Gasteiger partial charge on any atom is 0.273 e. The number of hydrogen-bond donors (Lipinski definition) is 1. The van der Waals surface area contributed by atoms with Crippen LogP contribution in [0.3, 0.4) is 0 Å². The number of hydrogen-bond acceptors (Lipinski definition) is 4. The van der Waals surface area contributed by atoms with Crippen molar-refractivity contribution in [3.8, 4) is 0 Å². The Morgan fingerprint density at radius 1 is 1.43 bits per heavy atom. The van der Waals surface area contributed by atoms with E-state index in [-0.39, 0.29) is 5.91 Å². The van der Waals surface area contributed by atoms with Crippen molar-refractivity contribution >= 4 is 5.91 Å². The molecule has 112 valence electrons. The third kappa shape index (κ3) is 2.84. The third-order valence-electron chi connectivity index (χ3n) is 4.00. The van der Waals surface area contributed by atoms with E-state index in [4.69, 9.17) is 4.52 Å². The van der Waals surface area contributed by atoms with Gasteiger partial charge in [-0.15, -0.1) is 0 Å². The number of nitrogens with one attached hydrogen (secondary N) is 1. The molecular formula is C15H20N4O2. The average Bonchev–Trinajstić information content (AvgIpc) is 3.03. The summed E-state index contributed by atoms with van der Waals surface area (Å²) < 4.78 is 7.10. The van der Waals surface area contributed by atoms with Crippen molar-refractivity contribution in [1.29, 1.82) is 0 Å². The van der Waals surface area contributed by atoms with Crippen LogP contribution in [-0.4, -0.2) is 27.4 Å². The molecule has 0 aliphatic heterocycles. The molecule has 2 heterocycles. The van der Waals surface area contributed by atoms with Crippen LogP contribution in [0.1, 0.15) is 46.0 Å². The Morgan fingerprint density at radius 2 is 2.24 bits per heavy atom.